The molecule has 0 bridgehead atoms. The van der Waals surface area contributed by atoms with Crippen LogP contribution in [0.3, 0.4) is 0 Å². The number of aryl methyl sites for hydroxylation is 1. The number of carbonyl (C=O) groups is 2. The highest BCUT2D eigenvalue weighted by Crippen LogP contribution is 2.36. The van der Waals surface area contributed by atoms with E-state index in [0.29, 0.717) is 13.1 Å². The summed E-state index contributed by atoms with van der Waals surface area (Å²) >= 11 is 0. The molecule has 2 aliphatic heterocycles. The van der Waals surface area contributed by atoms with Gasteiger partial charge in [-0.1, -0.05) is 6.92 Å². The maximum absolute atomic E-state index is 12.7. The van der Waals surface area contributed by atoms with Gasteiger partial charge in [-0.2, -0.15) is 0 Å². The highest BCUT2D eigenvalue weighted by molar-refractivity contribution is 5.81. The van der Waals surface area contributed by atoms with Crippen molar-refractivity contribution in [3.05, 3.63) is 11.6 Å². The lowest BCUT2D eigenvalue weighted by molar-refractivity contribution is -0.152. The molecule has 3 heterocycles. The molecule has 2 aliphatic rings. The van der Waals surface area contributed by atoms with Gasteiger partial charge in [-0.3, -0.25) is 4.79 Å². The Labute approximate surface area is 147 Å². The molecule has 0 unspecified atom stereocenters. The average molecular weight is 349 g/mol. The molecule has 25 heavy (non-hydrogen) atoms. The van der Waals surface area contributed by atoms with Gasteiger partial charge in [0.15, 0.2) is 5.82 Å². The molecule has 8 heteroatoms. The van der Waals surface area contributed by atoms with Crippen LogP contribution in [-0.4, -0.2) is 51.9 Å². The minimum absolute atomic E-state index is 0.0434. The van der Waals surface area contributed by atoms with Crippen LogP contribution in [0.15, 0.2) is 0 Å². The molecule has 1 fully saturated rings. The lowest BCUT2D eigenvalue weighted by atomic mass is 9.81. The number of amides is 2. The Hall–Kier alpha value is -2.12. The van der Waals surface area contributed by atoms with Crippen molar-refractivity contribution in [2.24, 2.45) is 11.3 Å². The minimum Gasteiger partial charge on any atom is -0.469 e. The number of rotatable bonds is 3. The number of esters is 1. The molecule has 1 aromatic heterocycles. The number of fused-ring (bicyclic) bond motifs is 1. The van der Waals surface area contributed by atoms with Crippen molar-refractivity contribution in [1.29, 1.82) is 0 Å². The zero-order valence-corrected chi connectivity index (χ0v) is 15.4. The van der Waals surface area contributed by atoms with E-state index in [-0.39, 0.29) is 24.0 Å². The lowest BCUT2D eigenvalue weighted by Crippen LogP contribution is -2.42. The van der Waals surface area contributed by atoms with Crippen molar-refractivity contribution in [2.75, 3.05) is 20.2 Å². The Morgan fingerprint density at radius 2 is 2.12 bits per heavy atom. The number of urea groups is 1. The summed E-state index contributed by atoms with van der Waals surface area (Å²) in [4.78, 5) is 26.4. The molecule has 1 saturated heterocycles. The van der Waals surface area contributed by atoms with Crippen molar-refractivity contribution in [3.8, 4) is 0 Å². The largest absolute Gasteiger partial charge is 0.469 e. The van der Waals surface area contributed by atoms with Crippen molar-refractivity contribution >= 4 is 12.0 Å². The number of hydrogen-bond donors (Lipinski definition) is 1. The molecule has 0 radical (unpaired) electrons. The molecule has 3 rings (SSSR count). The second-order valence-corrected chi connectivity index (χ2v) is 7.44. The normalized spacial score (nSPS) is 26.9. The summed E-state index contributed by atoms with van der Waals surface area (Å²) in [5.41, 5.74) is -0.663. The first-order valence-corrected chi connectivity index (χ1v) is 8.92. The van der Waals surface area contributed by atoms with Crippen molar-refractivity contribution in [3.63, 3.8) is 0 Å². The summed E-state index contributed by atoms with van der Waals surface area (Å²) in [6.45, 7) is 7.54. The molecule has 0 saturated carbocycles. The average Bonchev–Trinajstić information content (AvgIpc) is 3.16. The maximum Gasteiger partial charge on any atom is 0.318 e. The zero-order chi connectivity index (χ0) is 18.2. The summed E-state index contributed by atoms with van der Waals surface area (Å²) < 4.78 is 7.03. The fraction of sp³-hybridized carbons (Fsp3) is 0.765. The molecule has 3 atom stereocenters. The number of nitrogens with one attached hydrogen (secondary N) is 1. The Bertz CT molecular complexity index is 673. The first kappa shape index (κ1) is 17.7. The van der Waals surface area contributed by atoms with Crippen LogP contribution in [0.5, 0.6) is 0 Å². The van der Waals surface area contributed by atoms with Gasteiger partial charge >= 0.3 is 12.0 Å². The number of hydrogen-bond acceptors (Lipinski definition) is 5. The maximum atomic E-state index is 12.7. The molecule has 0 aliphatic carbocycles. The molecule has 1 aromatic rings. The van der Waals surface area contributed by atoms with Gasteiger partial charge in [-0.25, -0.2) is 4.79 Å². The number of likely N-dealkylation sites (tertiary alicyclic amines) is 1. The van der Waals surface area contributed by atoms with Gasteiger partial charge < -0.3 is 19.5 Å². The van der Waals surface area contributed by atoms with Gasteiger partial charge in [0.05, 0.1) is 18.6 Å². The fourth-order valence-corrected chi connectivity index (χ4v) is 3.79. The smallest absolute Gasteiger partial charge is 0.318 e. The molecule has 0 spiro atoms. The monoisotopic (exact) mass is 349 g/mol. The first-order valence-electron chi connectivity index (χ1n) is 8.92. The molecular weight excluding hydrogens is 322 g/mol. The van der Waals surface area contributed by atoms with E-state index >= 15 is 0 Å². The summed E-state index contributed by atoms with van der Waals surface area (Å²) in [5, 5.41) is 11.5. The predicted molar refractivity (Wildman–Crippen MR) is 90.8 cm³/mol. The summed E-state index contributed by atoms with van der Waals surface area (Å²) in [6.07, 6.45) is 3.19. The summed E-state index contributed by atoms with van der Waals surface area (Å²) in [5.74, 6) is 1.57. The number of methoxy groups -OCH3 is 1. The standard InChI is InChI=1S/C17H27N5O3/c1-11-9-21(10-17(11,3)15(23)25-4)16(24)18-12(2)14-20-19-13-7-5-6-8-22(13)14/h11-12H,5-10H2,1-4H3,(H,18,24)/t11-,12-,17-/m1/s1. The van der Waals surface area contributed by atoms with Crippen LogP contribution in [-0.2, 0) is 22.5 Å². The van der Waals surface area contributed by atoms with E-state index in [1.165, 1.54) is 7.11 Å². The second-order valence-electron chi connectivity index (χ2n) is 7.44. The van der Waals surface area contributed by atoms with E-state index in [0.717, 1.165) is 37.5 Å². The van der Waals surface area contributed by atoms with Gasteiger partial charge in [-0.05, 0) is 32.6 Å². The lowest BCUT2D eigenvalue weighted by Gasteiger charge is -2.25. The van der Waals surface area contributed by atoms with E-state index in [1.54, 1.807) is 4.90 Å². The van der Waals surface area contributed by atoms with Gasteiger partial charge in [0, 0.05) is 26.1 Å². The topological polar surface area (TPSA) is 89.3 Å². The highest BCUT2D eigenvalue weighted by atomic mass is 16.5. The molecule has 8 nitrogen and oxygen atoms in total. The van der Waals surface area contributed by atoms with Crippen molar-refractivity contribution in [2.45, 2.75) is 52.6 Å². The second kappa shape index (κ2) is 6.65. The van der Waals surface area contributed by atoms with Crippen LogP contribution < -0.4 is 5.32 Å². The fourth-order valence-electron chi connectivity index (χ4n) is 3.79. The van der Waals surface area contributed by atoms with Gasteiger partial charge in [0.2, 0.25) is 0 Å². The quantitative estimate of drug-likeness (QED) is 0.836. The van der Waals surface area contributed by atoms with E-state index in [1.807, 2.05) is 20.8 Å². The summed E-state index contributed by atoms with van der Waals surface area (Å²) in [7, 11) is 1.39. The van der Waals surface area contributed by atoms with E-state index in [9.17, 15) is 9.59 Å². The molecule has 2 amide bonds. The predicted octanol–water partition coefficient (Wildman–Crippen LogP) is 1.52. The van der Waals surface area contributed by atoms with Crippen LogP contribution in [0.25, 0.3) is 0 Å². The van der Waals surface area contributed by atoms with E-state index in [4.69, 9.17) is 4.74 Å². The van der Waals surface area contributed by atoms with Crippen molar-refractivity contribution in [1.82, 2.24) is 25.0 Å². The molecule has 0 aromatic carbocycles. The van der Waals surface area contributed by atoms with Crippen molar-refractivity contribution < 1.29 is 14.3 Å². The van der Waals surface area contributed by atoms with E-state index < -0.39 is 5.41 Å². The number of carbonyl (C=O) groups excluding carboxylic acids is 2. The molecule has 1 N–H and O–H groups in total. The number of ether oxygens (including phenoxy) is 1. The zero-order valence-electron chi connectivity index (χ0n) is 15.4. The van der Waals surface area contributed by atoms with Crippen LogP contribution in [0.2, 0.25) is 0 Å². The third-order valence-corrected chi connectivity index (χ3v) is 5.66. The number of nitrogens with zero attached hydrogens (tertiary/aromatic N) is 4. The Morgan fingerprint density at radius 1 is 1.36 bits per heavy atom. The highest BCUT2D eigenvalue weighted by Gasteiger charge is 2.48. The third-order valence-electron chi connectivity index (χ3n) is 5.66. The van der Waals surface area contributed by atoms with Crippen LogP contribution in [0.1, 0.15) is 51.3 Å². The van der Waals surface area contributed by atoms with Crippen LogP contribution in [0, 0.1) is 11.3 Å². The van der Waals surface area contributed by atoms with Crippen LogP contribution in [0.4, 0.5) is 4.79 Å². The van der Waals surface area contributed by atoms with Gasteiger partial charge in [0.25, 0.3) is 0 Å². The first-order chi connectivity index (χ1) is 11.9. The third kappa shape index (κ3) is 3.09. The van der Waals surface area contributed by atoms with Gasteiger partial charge in [-0.15, -0.1) is 10.2 Å². The summed E-state index contributed by atoms with van der Waals surface area (Å²) in [6, 6.07) is -0.410. The van der Waals surface area contributed by atoms with Crippen LogP contribution >= 0.6 is 0 Å². The SMILES string of the molecule is COC(=O)[C@]1(C)CN(C(=O)N[C@H](C)c2nnc3n2CCCC3)C[C@H]1C. The minimum atomic E-state index is -0.663. The molecule has 138 valence electrons. The Balaban J connectivity index is 1.67. The van der Waals surface area contributed by atoms with Gasteiger partial charge in [0.1, 0.15) is 5.82 Å². The Morgan fingerprint density at radius 3 is 2.84 bits per heavy atom. The number of aromatic nitrogens is 3. The Kier molecular flexibility index (Phi) is 4.71. The van der Waals surface area contributed by atoms with E-state index in [2.05, 4.69) is 20.1 Å². The molecular formula is C17H27N5O3.